The third-order valence-electron chi connectivity index (χ3n) is 7.06. The zero-order valence-electron chi connectivity index (χ0n) is 22.0. The van der Waals surface area contributed by atoms with Crippen LogP contribution in [0.1, 0.15) is 44.1 Å². The molecule has 0 aliphatic carbocycles. The standard InChI is InChI=1S/C28H26F6N4O3/c1-40-23-5-3-2-4-17(23)14-24-35-22-6-7-38(16-21(22)25(36-24)37-8-10-41-11-9-37)26(39)18-12-19(27(29,30)31)15-20(13-18)28(32,33)34/h2-5,12-13,15H,6-11,14,16H2,1H3. The van der Waals surface area contributed by atoms with Crippen molar-refractivity contribution in [1.29, 1.82) is 0 Å². The van der Waals surface area contributed by atoms with Crippen molar-refractivity contribution in [2.75, 3.05) is 44.9 Å². The Balaban J connectivity index is 1.50. The summed E-state index contributed by atoms with van der Waals surface area (Å²) in [4.78, 5) is 26.1. The van der Waals surface area contributed by atoms with Crippen molar-refractivity contribution in [3.63, 3.8) is 0 Å². The van der Waals surface area contributed by atoms with Crippen LogP contribution >= 0.6 is 0 Å². The molecule has 41 heavy (non-hydrogen) atoms. The molecule has 0 saturated carbocycles. The van der Waals surface area contributed by atoms with Crippen LogP contribution in [0.15, 0.2) is 42.5 Å². The van der Waals surface area contributed by atoms with Crippen LogP contribution in [0.3, 0.4) is 0 Å². The van der Waals surface area contributed by atoms with E-state index in [0.29, 0.717) is 73.5 Å². The monoisotopic (exact) mass is 580 g/mol. The highest BCUT2D eigenvalue weighted by atomic mass is 19.4. The summed E-state index contributed by atoms with van der Waals surface area (Å²) in [5, 5.41) is 0. The van der Waals surface area contributed by atoms with E-state index in [1.54, 1.807) is 7.11 Å². The Kier molecular flexibility index (Phi) is 7.82. The van der Waals surface area contributed by atoms with Crippen molar-refractivity contribution < 1.29 is 40.6 Å². The highest BCUT2D eigenvalue weighted by molar-refractivity contribution is 5.95. The number of morpholine rings is 1. The van der Waals surface area contributed by atoms with E-state index in [-0.39, 0.29) is 25.6 Å². The van der Waals surface area contributed by atoms with Crippen LogP contribution < -0.4 is 9.64 Å². The first-order valence-corrected chi connectivity index (χ1v) is 12.9. The van der Waals surface area contributed by atoms with Gasteiger partial charge in [0.1, 0.15) is 17.4 Å². The van der Waals surface area contributed by atoms with E-state index in [9.17, 15) is 31.1 Å². The summed E-state index contributed by atoms with van der Waals surface area (Å²) in [6.45, 7) is 1.95. The maximum Gasteiger partial charge on any atom is 0.416 e. The number of aromatic nitrogens is 2. The lowest BCUT2D eigenvalue weighted by molar-refractivity contribution is -0.143. The highest BCUT2D eigenvalue weighted by Crippen LogP contribution is 2.37. The highest BCUT2D eigenvalue weighted by Gasteiger charge is 2.38. The number of para-hydroxylation sites is 1. The summed E-state index contributed by atoms with van der Waals surface area (Å²) in [6, 6.07) is 8.39. The Labute approximate surface area is 231 Å². The van der Waals surface area contributed by atoms with E-state index in [2.05, 4.69) is 0 Å². The first kappa shape index (κ1) is 28.7. The number of amides is 1. The number of ether oxygens (including phenoxy) is 2. The lowest BCUT2D eigenvalue weighted by atomic mass is 10.0. The van der Waals surface area contributed by atoms with Gasteiger partial charge in [0.05, 0.1) is 43.7 Å². The SMILES string of the molecule is COc1ccccc1Cc1nc2c(c(N3CCOCC3)n1)CN(C(=O)c1cc(C(F)(F)F)cc(C(F)(F)F)c1)CC2. The quantitative estimate of drug-likeness (QED) is 0.389. The van der Waals surface area contributed by atoms with E-state index in [1.165, 1.54) is 4.90 Å². The van der Waals surface area contributed by atoms with Gasteiger partial charge in [-0.25, -0.2) is 9.97 Å². The number of alkyl halides is 6. The zero-order chi connectivity index (χ0) is 29.4. The van der Waals surface area contributed by atoms with Crippen molar-refractivity contribution in [1.82, 2.24) is 14.9 Å². The second-order valence-electron chi connectivity index (χ2n) is 9.75. The minimum absolute atomic E-state index is 0.00984. The van der Waals surface area contributed by atoms with Crippen LogP contribution in [0.4, 0.5) is 32.2 Å². The van der Waals surface area contributed by atoms with Gasteiger partial charge in [0.25, 0.3) is 5.91 Å². The molecule has 218 valence electrons. The normalized spacial score (nSPS) is 16.0. The van der Waals surface area contributed by atoms with Crippen molar-refractivity contribution in [2.45, 2.75) is 31.7 Å². The Bertz CT molecular complexity index is 1410. The largest absolute Gasteiger partial charge is 0.496 e. The van der Waals surface area contributed by atoms with E-state index < -0.39 is 35.0 Å². The Morgan fingerprint density at radius 1 is 0.951 bits per heavy atom. The van der Waals surface area contributed by atoms with E-state index in [1.807, 2.05) is 29.2 Å². The maximum atomic E-state index is 13.4. The number of fused-ring (bicyclic) bond motifs is 1. The number of benzene rings is 2. The van der Waals surface area contributed by atoms with Crippen molar-refractivity contribution in [3.05, 3.63) is 81.8 Å². The fourth-order valence-electron chi connectivity index (χ4n) is 5.02. The molecule has 2 aliphatic heterocycles. The van der Waals surface area contributed by atoms with E-state index in [4.69, 9.17) is 19.4 Å². The van der Waals surface area contributed by atoms with E-state index >= 15 is 0 Å². The maximum absolute atomic E-state index is 13.4. The molecule has 0 N–H and O–H groups in total. The van der Waals surface area contributed by atoms with Crippen molar-refractivity contribution >= 4 is 11.7 Å². The Morgan fingerprint density at radius 2 is 1.61 bits per heavy atom. The number of methoxy groups -OCH3 is 1. The molecule has 5 rings (SSSR count). The van der Waals surface area contributed by atoms with Gasteiger partial charge in [0.15, 0.2) is 0 Å². The van der Waals surface area contributed by atoms with Gasteiger partial charge in [0.2, 0.25) is 0 Å². The first-order chi connectivity index (χ1) is 19.4. The molecule has 2 aromatic carbocycles. The second kappa shape index (κ2) is 11.2. The topological polar surface area (TPSA) is 67.8 Å². The molecule has 0 spiro atoms. The zero-order valence-corrected chi connectivity index (χ0v) is 22.0. The molecule has 1 saturated heterocycles. The number of rotatable bonds is 5. The smallest absolute Gasteiger partial charge is 0.416 e. The van der Waals surface area contributed by atoms with Crippen LogP contribution in [0, 0.1) is 0 Å². The van der Waals surface area contributed by atoms with Crippen LogP contribution in [0.2, 0.25) is 0 Å². The van der Waals surface area contributed by atoms with Gasteiger partial charge in [-0.2, -0.15) is 26.3 Å². The number of hydrogen-bond acceptors (Lipinski definition) is 6. The summed E-state index contributed by atoms with van der Waals surface area (Å²) >= 11 is 0. The van der Waals surface area contributed by atoms with E-state index in [0.717, 1.165) is 5.56 Å². The number of hydrogen-bond donors (Lipinski definition) is 0. The lowest BCUT2D eigenvalue weighted by Gasteiger charge is -2.34. The fraction of sp³-hybridized carbons (Fsp3) is 0.393. The summed E-state index contributed by atoms with van der Waals surface area (Å²) in [5.74, 6) is 0.846. The Hall–Kier alpha value is -3.87. The van der Waals surface area contributed by atoms with Gasteiger partial charge >= 0.3 is 12.4 Å². The average Bonchev–Trinajstić information content (AvgIpc) is 2.95. The molecule has 1 fully saturated rings. The fourth-order valence-corrected chi connectivity index (χ4v) is 5.02. The molecule has 0 radical (unpaired) electrons. The summed E-state index contributed by atoms with van der Waals surface area (Å²) in [7, 11) is 1.57. The van der Waals surface area contributed by atoms with Gasteiger partial charge < -0.3 is 19.3 Å². The molecular weight excluding hydrogens is 554 g/mol. The molecule has 13 heteroatoms. The molecule has 0 bridgehead atoms. The average molecular weight is 581 g/mol. The number of carbonyl (C=O) groups is 1. The molecular formula is C28H26F6N4O3. The van der Waals surface area contributed by atoms with Crippen LogP contribution in [0.5, 0.6) is 5.75 Å². The number of nitrogens with zero attached hydrogens (tertiary/aromatic N) is 4. The molecule has 2 aliphatic rings. The third kappa shape index (κ3) is 6.24. The number of anilines is 1. The predicted molar refractivity (Wildman–Crippen MR) is 136 cm³/mol. The van der Waals surface area contributed by atoms with Gasteiger partial charge in [0, 0.05) is 49.2 Å². The van der Waals surface area contributed by atoms with Gasteiger partial charge in [-0.1, -0.05) is 18.2 Å². The molecule has 1 aromatic heterocycles. The number of halogens is 6. The lowest BCUT2D eigenvalue weighted by Crippen LogP contribution is -2.41. The minimum atomic E-state index is -5.06. The summed E-state index contributed by atoms with van der Waals surface area (Å²) < 4.78 is 91.4. The second-order valence-corrected chi connectivity index (χ2v) is 9.75. The van der Waals surface area contributed by atoms with Gasteiger partial charge in [-0.05, 0) is 24.3 Å². The molecule has 3 aromatic rings. The molecule has 1 amide bonds. The number of carbonyl (C=O) groups excluding carboxylic acids is 1. The summed E-state index contributed by atoms with van der Waals surface area (Å²) in [5.41, 5.74) is -1.59. The van der Waals surface area contributed by atoms with Crippen molar-refractivity contribution in [3.8, 4) is 5.75 Å². The van der Waals surface area contributed by atoms with Crippen LogP contribution in [-0.2, 0) is 36.5 Å². The Morgan fingerprint density at radius 3 is 2.24 bits per heavy atom. The predicted octanol–water partition coefficient (Wildman–Crippen LogP) is 5.15. The molecule has 0 atom stereocenters. The van der Waals surface area contributed by atoms with Crippen LogP contribution in [0.25, 0.3) is 0 Å². The van der Waals surface area contributed by atoms with Gasteiger partial charge in [-0.3, -0.25) is 4.79 Å². The third-order valence-corrected chi connectivity index (χ3v) is 7.06. The molecule has 0 unspecified atom stereocenters. The molecule has 7 nitrogen and oxygen atoms in total. The first-order valence-electron chi connectivity index (χ1n) is 12.9. The summed E-state index contributed by atoms with van der Waals surface area (Å²) in [6.07, 6.45) is -9.48. The van der Waals surface area contributed by atoms with Crippen molar-refractivity contribution in [2.24, 2.45) is 0 Å². The van der Waals surface area contributed by atoms with Crippen LogP contribution in [-0.4, -0.2) is 60.7 Å². The minimum Gasteiger partial charge on any atom is -0.496 e. The molecule has 3 heterocycles. The van der Waals surface area contributed by atoms with Gasteiger partial charge in [-0.15, -0.1) is 0 Å².